The van der Waals surface area contributed by atoms with Gasteiger partial charge in [0.2, 0.25) is 0 Å². The van der Waals surface area contributed by atoms with Crippen LogP contribution in [0.4, 0.5) is 0 Å². The number of rotatable bonds is 6. The van der Waals surface area contributed by atoms with E-state index >= 15 is 0 Å². The fourth-order valence-corrected chi connectivity index (χ4v) is 4.08. The van der Waals surface area contributed by atoms with Crippen molar-refractivity contribution in [3.8, 4) is 0 Å². The van der Waals surface area contributed by atoms with Gasteiger partial charge >= 0.3 is 0 Å². The molecule has 2 heteroatoms. The van der Waals surface area contributed by atoms with Gasteiger partial charge in [0.15, 0.2) is 0 Å². The molecule has 0 heterocycles. The van der Waals surface area contributed by atoms with Crippen molar-refractivity contribution in [3.05, 3.63) is 41.5 Å². The highest BCUT2D eigenvalue weighted by molar-refractivity contribution is 5.54. The largest absolute Gasteiger partial charge is 0.385 e. The highest BCUT2D eigenvalue weighted by atomic mass is 16.3. The van der Waals surface area contributed by atoms with Crippen LogP contribution in [-0.4, -0.2) is 36.2 Å². The van der Waals surface area contributed by atoms with E-state index in [1.165, 1.54) is 18.4 Å². The first-order chi connectivity index (χ1) is 10.4. The van der Waals surface area contributed by atoms with Gasteiger partial charge in [-0.2, -0.15) is 0 Å². The van der Waals surface area contributed by atoms with Crippen LogP contribution in [0.25, 0.3) is 6.08 Å². The van der Waals surface area contributed by atoms with Crippen LogP contribution in [0.2, 0.25) is 0 Å². The summed E-state index contributed by atoms with van der Waals surface area (Å²) in [4.78, 5) is 2.18. The molecule has 1 fully saturated rings. The molecular weight excluding hydrogens is 270 g/mol. The molecule has 0 aromatic heterocycles. The summed E-state index contributed by atoms with van der Waals surface area (Å²) in [5.74, 6) is 0.618. The Kier molecular flexibility index (Phi) is 5.82. The van der Waals surface area contributed by atoms with Gasteiger partial charge in [-0.05, 0) is 50.9 Å². The van der Waals surface area contributed by atoms with E-state index in [1.807, 2.05) is 6.07 Å². The van der Waals surface area contributed by atoms with Crippen molar-refractivity contribution in [1.29, 1.82) is 0 Å². The first-order valence-electron chi connectivity index (χ1n) is 8.55. The smallest absolute Gasteiger partial charge is 0.0922 e. The van der Waals surface area contributed by atoms with Gasteiger partial charge in [-0.1, -0.05) is 56.2 Å². The number of hydrogen-bond acceptors (Lipinski definition) is 2. The summed E-state index contributed by atoms with van der Waals surface area (Å²) in [6, 6.07) is 10.4. The molecule has 22 heavy (non-hydrogen) atoms. The van der Waals surface area contributed by atoms with Crippen LogP contribution in [-0.2, 0) is 0 Å². The fraction of sp³-hybridized carbons (Fsp3) is 0.600. The average Bonchev–Trinajstić information content (AvgIpc) is 3.01. The number of nitrogens with zero attached hydrogens (tertiary/aromatic N) is 1. The van der Waals surface area contributed by atoms with E-state index in [4.69, 9.17) is 0 Å². The van der Waals surface area contributed by atoms with Gasteiger partial charge in [0.05, 0.1) is 5.60 Å². The lowest BCUT2D eigenvalue weighted by Gasteiger charge is -2.41. The summed E-state index contributed by atoms with van der Waals surface area (Å²) in [7, 11) is 4.17. The molecule has 2 rings (SSSR count). The van der Waals surface area contributed by atoms with Crippen LogP contribution in [0.3, 0.4) is 0 Å². The maximum absolute atomic E-state index is 11.7. The Morgan fingerprint density at radius 1 is 1.27 bits per heavy atom. The topological polar surface area (TPSA) is 23.5 Å². The van der Waals surface area contributed by atoms with E-state index in [0.717, 1.165) is 25.0 Å². The zero-order valence-electron chi connectivity index (χ0n) is 14.5. The standard InChI is InChI=1S/C20H31NO/c1-16(14-18-10-6-5-7-11-18)20(22,17(2)15-21(3)4)19-12-8-9-13-19/h5-7,10-11,14,17,19,22H,8-9,12-13,15H2,1-4H3. The molecule has 1 N–H and O–H groups in total. The monoisotopic (exact) mass is 301 g/mol. The molecule has 0 saturated heterocycles. The molecular formula is C20H31NO. The molecule has 1 aliphatic carbocycles. The molecule has 1 aromatic rings. The Morgan fingerprint density at radius 2 is 1.86 bits per heavy atom. The molecule has 2 atom stereocenters. The summed E-state index contributed by atoms with van der Waals surface area (Å²) in [5, 5.41) is 11.7. The van der Waals surface area contributed by atoms with Crippen LogP contribution in [0.15, 0.2) is 35.9 Å². The van der Waals surface area contributed by atoms with Crippen LogP contribution in [0.5, 0.6) is 0 Å². The summed E-state index contributed by atoms with van der Waals surface area (Å²) >= 11 is 0. The minimum absolute atomic E-state index is 0.227. The second-order valence-electron chi connectivity index (χ2n) is 7.21. The molecule has 0 radical (unpaired) electrons. The summed E-state index contributed by atoms with van der Waals surface area (Å²) in [6.45, 7) is 5.21. The van der Waals surface area contributed by atoms with Gasteiger partial charge in [0.1, 0.15) is 0 Å². The minimum atomic E-state index is -0.698. The molecule has 2 nitrogen and oxygen atoms in total. The third-order valence-corrected chi connectivity index (χ3v) is 5.18. The third-order valence-electron chi connectivity index (χ3n) is 5.18. The van der Waals surface area contributed by atoms with Crippen molar-refractivity contribution in [3.63, 3.8) is 0 Å². The summed E-state index contributed by atoms with van der Waals surface area (Å²) in [5.41, 5.74) is 1.59. The minimum Gasteiger partial charge on any atom is -0.385 e. The first-order valence-corrected chi connectivity index (χ1v) is 8.55. The van der Waals surface area contributed by atoms with Crippen molar-refractivity contribution in [2.75, 3.05) is 20.6 Å². The van der Waals surface area contributed by atoms with E-state index < -0.39 is 5.60 Å². The maximum atomic E-state index is 11.7. The Morgan fingerprint density at radius 3 is 2.41 bits per heavy atom. The molecule has 0 aliphatic heterocycles. The van der Waals surface area contributed by atoms with Crippen LogP contribution >= 0.6 is 0 Å². The SMILES string of the molecule is CC(=Cc1ccccc1)C(O)(C(C)CN(C)C)C1CCCC1. The second-order valence-corrected chi connectivity index (χ2v) is 7.21. The molecule has 1 aromatic carbocycles. The van der Waals surface area contributed by atoms with Gasteiger partial charge < -0.3 is 10.0 Å². The second kappa shape index (κ2) is 7.43. The van der Waals surface area contributed by atoms with Gasteiger partial charge in [-0.25, -0.2) is 0 Å². The lowest BCUT2D eigenvalue weighted by atomic mass is 9.71. The third kappa shape index (κ3) is 3.80. The Bertz CT molecular complexity index is 488. The Balaban J connectivity index is 2.32. The molecule has 0 bridgehead atoms. The van der Waals surface area contributed by atoms with Gasteiger partial charge in [-0.3, -0.25) is 0 Å². The van der Waals surface area contributed by atoms with Crippen molar-refractivity contribution < 1.29 is 5.11 Å². The van der Waals surface area contributed by atoms with Gasteiger partial charge in [-0.15, -0.1) is 0 Å². The van der Waals surface area contributed by atoms with Crippen molar-refractivity contribution in [1.82, 2.24) is 4.90 Å². The van der Waals surface area contributed by atoms with E-state index in [0.29, 0.717) is 5.92 Å². The van der Waals surface area contributed by atoms with Crippen molar-refractivity contribution in [2.45, 2.75) is 45.1 Å². The van der Waals surface area contributed by atoms with E-state index in [-0.39, 0.29) is 5.92 Å². The van der Waals surface area contributed by atoms with Gasteiger partial charge in [0, 0.05) is 12.5 Å². The number of aliphatic hydroxyl groups is 1. The van der Waals surface area contributed by atoms with Crippen molar-refractivity contribution in [2.24, 2.45) is 11.8 Å². The molecule has 1 saturated carbocycles. The molecule has 2 unspecified atom stereocenters. The number of benzene rings is 1. The van der Waals surface area contributed by atoms with Crippen LogP contribution in [0.1, 0.15) is 45.1 Å². The molecule has 1 aliphatic rings. The quantitative estimate of drug-likeness (QED) is 0.851. The van der Waals surface area contributed by atoms with Crippen LogP contribution in [0, 0.1) is 11.8 Å². The normalized spacial score (nSPS) is 21.1. The zero-order valence-corrected chi connectivity index (χ0v) is 14.5. The van der Waals surface area contributed by atoms with Gasteiger partial charge in [0.25, 0.3) is 0 Å². The Labute approximate surface area is 135 Å². The van der Waals surface area contributed by atoms with E-state index in [9.17, 15) is 5.11 Å². The fourth-order valence-electron chi connectivity index (χ4n) is 4.08. The lowest BCUT2D eigenvalue weighted by Crippen LogP contribution is -2.47. The predicted molar refractivity (Wildman–Crippen MR) is 94.7 cm³/mol. The highest BCUT2D eigenvalue weighted by Gasteiger charge is 2.44. The molecule has 122 valence electrons. The maximum Gasteiger partial charge on any atom is 0.0922 e. The zero-order chi connectivity index (χ0) is 16.2. The van der Waals surface area contributed by atoms with E-state index in [2.05, 4.69) is 63.2 Å². The van der Waals surface area contributed by atoms with E-state index in [1.54, 1.807) is 0 Å². The average molecular weight is 301 g/mol. The summed E-state index contributed by atoms with van der Waals surface area (Å²) in [6.07, 6.45) is 6.97. The lowest BCUT2D eigenvalue weighted by molar-refractivity contribution is -0.0350. The summed E-state index contributed by atoms with van der Waals surface area (Å²) < 4.78 is 0. The number of hydrogen-bond donors (Lipinski definition) is 1. The first kappa shape index (κ1) is 17.2. The Hall–Kier alpha value is -1.12. The molecule has 0 spiro atoms. The van der Waals surface area contributed by atoms with Crippen LogP contribution < -0.4 is 0 Å². The molecule has 0 amide bonds. The highest BCUT2D eigenvalue weighted by Crippen LogP contribution is 2.43. The van der Waals surface area contributed by atoms with Crippen molar-refractivity contribution >= 4 is 6.08 Å². The predicted octanol–water partition coefficient (Wildman–Crippen LogP) is 4.21.